The second-order valence-electron chi connectivity index (χ2n) is 7.55. The van der Waals surface area contributed by atoms with E-state index in [0.29, 0.717) is 26.1 Å². The molecule has 34 heavy (non-hydrogen) atoms. The number of aliphatic hydroxyl groups excluding tert-OH is 3. The van der Waals surface area contributed by atoms with Crippen molar-refractivity contribution in [3.8, 4) is 0 Å². The summed E-state index contributed by atoms with van der Waals surface area (Å²) in [4.78, 5) is 0.0610. The molecule has 10 heteroatoms. The molecule has 1 aromatic carbocycles. The topological polar surface area (TPSA) is 193 Å². The highest BCUT2D eigenvalue weighted by Gasteiger charge is 2.13. The van der Waals surface area contributed by atoms with Crippen molar-refractivity contribution >= 4 is 10.1 Å². The minimum Gasteiger partial charge on any atom is -0.395 e. The van der Waals surface area contributed by atoms with Gasteiger partial charge < -0.3 is 32.5 Å². The summed E-state index contributed by atoms with van der Waals surface area (Å²) in [5, 5.41) is 23.2. The van der Waals surface area contributed by atoms with Gasteiger partial charge in [-0.2, -0.15) is 8.42 Å². The van der Waals surface area contributed by atoms with E-state index in [4.69, 9.17) is 32.5 Å². The maximum absolute atomic E-state index is 11.3. The lowest BCUT2D eigenvalue weighted by Crippen LogP contribution is -2.03. The first-order chi connectivity index (χ1) is 16.3. The highest BCUT2D eigenvalue weighted by molar-refractivity contribution is 7.85. The van der Waals surface area contributed by atoms with E-state index in [9.17, 15) is 13.0 Å². The Bertz CT molecular complexity index is 603. The zero-order valence-electron chi connectivity index (χ0n) is 21.1. The van der Waals surface area contributed by atoms with Crippen LogP contribution in [0.25, 0.3) is 0 Å². The van der Waals surface area contributed by atoms with Crippen LogP contribution in [0.4, 0.5) is 0 Å². The average Bonchev–Trinajstić information content (AvgIpc) is 2.85. The third-order valence-electron chi connectivity index (χ3n) is 4.44. The molecule has 1 aromatic rings. The van der Waals surface area contributed by atoms with Crippen LogP contribution in [0.2, 0.25) is 0 Å². The van der Waals surface area contributed by atoms with Crippen LogP contribution in [-0.2, 0) is 16.5 Å². The largest absolute Gasteiger partial charge is 0.395 e. The molecule has 0 aliphatic carbocycles. The average molecular weight is 510 g/mol. The second kappa shape index (κ2) is 29.9. The molecule has 0 atom stereocenters. The minimum atomic E-state index is -4.10. The maximum atomic E-state index is 11.3. The zero-order valence-corrected chi connectivity index (χ0v) is 21.9. The van der Waals surface area contributed by atoms with Crippen molar-refractivity contribution < 1.29 is 28.3 Å². The normalized spacial score (nSPS) is 10.2. The number of rotatable bonds is 15. The number of aliphatic hydroxyl groups is 3. The lowest BCUT2D eigenvalue weighted by Gasteiger charge is -2.07. The van der Waals surface area contributed by atoms with Crippen molar-refractivity contribution in [2.24, 2.45) is 17.2 Å². The maximum Gasteiger partial charge on any atom is 0.294 e. The molecule has 0 saturated heterocycles. The van der Waals surface area contributed by atoms with Crippen molar-refractivity contribution in [2.45, 2.75) is 82.4 Å². The lowest BCUT2D eigenvalue weighted by molar-refractivity contribution is 0.306. The van der Waals surface area contributed by atoms with Crippen molar-refractivity contribution in [2.75, 3.05) is 39.5 Å². The molecule has 204 valence electrons. The lowest BCUT2D eigenvalue weighted by atomic mass is 10.0. The summed E-state index contributed by atoms with van der Waals surface area (Å²) in [7, 11) is -4.10. The van der Waals surface area contributed by atoms with Gasteiger partial charge in [-0.3, -0.25) is 4.55 Å². The van der Waals surface area contributed by atoms with Crippen LogP contribution in [0.1, 0.15) is 76.7 Å². The van der Waals surface area contributed by atoms with E-state index in [1.165, 1.54) is 57.4 Å². The molecule has 0 fully saturated rings. The van der Waals surface area contributed by atoms with Gasteiger partial charge in [-0.15, -0.1) is 0 Å². The van der Waals surface area contributed by atoms with Gasteiger partial charge in [-0.05, 0) is 24.5 Å². The van der Waals surface area contributed by atoms with E-state index in [-0.39, 0.29) is 24.7 Å². The Morgan fingerprint density at radius 1 is 0.676 bits per heavy atom. The van der Waals surface area contributed by atoms with E-state index < -0.39 is 10.1 Å². The quantitative estimate of drug-likeness (QED) is 0.137. The molecule has 0 radical (unpaired) electrons. The first-order valence-electron chi connectivity index (χ1n) is 12.3. The molecule has 0 saturated carbocycles. The summed E-state index contributed by atoms with van der Waals surface area (Å²) >= 11 is 0. The summed E-state index contributed by atoms with van der Waals surface area (Å²) in [6.45, 7) is 3.65. The van der Waals surface area contributed by atoms with Gasteiger partial charge in [0.25, 0.3) is 10.1 Å². The van der Waals surface area contributed by atoms with Crippen molar-refractivity contribution in [3.63, 3.8) is 0 Å². The van der Waals surface area contributed by atoms with E-state index in [1.54, 1.807) is 12.1 Å². The predicted molar refractivity (Wildman–Crippen MR) is 140 cm³/mol. The van der Waals surface area contributed by atoms with Crippen LogP contribution in [0.3, 0.4) is 0 Å². The zero-order chi connectivity index (χ0) is 26.5. The fourth-order valence-corrected chi connectivity index (χ4v) is 3.52. The van der Waals surface area contributed by atoms with Crippen LogP contribution >= 0.6 is 0 Å². The molecule has 10 N–H and O–H groups in total. The van der Waals surface area contributed by atoms with Crippen molar-refractivity contribution in [1.29, 1.82) is 0 Å². The van der Waals surface area contributed by atoms with Gasteiger partial charge in [-0.1, -0.05) is 82.9 Å². The van der Waals surface area contributed by atoms with Crippen molar-refractivity contribution in [3.05, 3.63) is 29.8 Å². The second-order valence-corrected chi connectivity index (χ2v) is 8.94. The molecule has 0 aromatic heterocycles. The fourth-order valence-electron chi connectivity index (χ4n) is 2.76. The number of hydrogen-bond acceptors (Lipinski definition) is 8. The summed E-state index contributed by atoms with van der Waals surface area (Å²) in [5.41, 5.74) is 15.1. The monoisotopic (exact) mass is 509 g/mol. The molecule has 0 spiro atoms. The van der Waals surface area contributed by atoms with E-state index in [0.717, 1.165) is 18.4 Å². The Hall–Kier alpha value is -1.11. The van der Waals surface area contributed by atoms with Gasteiger partial charge in [-0.25, -0.2) is 0 Å². The van der Waals surface area contributed by atoms with Crippen LogP contribution in [0, 0.1) is 0 Å². The van der Waals surface area contributed by atoms with E-state index >= 15 is 0 Å². The summed E-state index contributed by atoms with van der Waals surface area (Å²) in [5.74, 6) is 0. The van der Waals surface area contributed by atoms with Crippen LogP contribution in [0.15, 0.2) is 29.2 Å². The number of hydrogen-bond donors (Lipinski definition) is 7. The molecule has 0 aliphatic rings. The van der Waals surface area contributed by atoms with Gasteiger partial charge in [0.15, 0.2) is 0 Å². The molecule has 1 rings (SSSR count). The molecule has 0 heterocycles. The number of unbranched alkanes of at least 4 members (excludes halogenated alkanes) is 9. The summed E-state index contributed by atoms with van der Waals surface area (Å²) in [6.07, 6.45) is 13.3. The number of aryl methyl sites for hydroxylation is 1. The Balaban J connectivity index is -0.000000661. The fraction of sp³-hybridized carbons (Fsp3) is 0.750. The van der Waals surface area contributed by atoms with Gasteiger partial charge in [0.05, 0.1) is 24.7 Å². The molecular weight excluding hydrogens is 458 g/mol. The van der Waals surface area contributed by atoms with Gasteiger partial charge in [0.2, 0.25) is 0 Å². The number of nitrogens with two attached hydrogens (primary N) is 3. The Labute approximate surface area is 207 Å². The predicted octanol–water partition coefficient (Wildman–Crippen LogP) is 2.21. The molecule has 0 bridgehead atoms. The number of benzene rings is 1. The van der Waals surface area contributed by atoms with Crippen LogP contribution < -0.4 is 17.2 Å². The summed E-state index contributed by atoms with van der Waals surface area (Å²) < 4.78 is 31.8. The summed E-state index contributed by atoms with van der Waals surface area (Å²) in [6, 6.07) is 6.73. The molecule has 0 amide bonds. The molecule has 0 aliphatic heterocycles. The minimum absolute atomic E-state index is 0.0610. The SMILES string of the molecule is CCCCCCCCCCCCc1ccccc1S(=O)(=O)O.NCCO.NCCO.NCCO. The third-order valence-corrected chi connectivity index (χ3v) is 5.39. The third kappa shape index (κ3) is 28.9. The van der Waals surface area contributed by atoms with E-state index in [1.807, 2.05) is 6.07 Å². The van der Waals surface area contributed by atoms with Gasteiger partial charge >= 0.3 is 0 Å². The van der Waals surface area contributed by atoms with Gasteiger partial charge in [0.1, 0.15) is 0 Å². The highest BCUT2D eigenvalue weighted by atomic mass is 32.2. The van der Waals surface area contributed by atoms with E-state index in [2.05, 4.69) is 6.92 Å². The van der Waals surface area contributed by atoms with Crippen LogP contribution in [0.5, 0.6) is 0 Å². The Morgan fingerprint density at radius 3 is 1.38 bits per heavy atom. The Morgan fingerprint density at radius 2 is 1.03 bits per heavy atom. The van der Waals surface area contributed by atoms with Gasteiger partial charge in [0, 0.05) is 19.6 Å². The first-order valence-corrected chi connectivity index (χ1v) is 13.7. The Kier molecular flexibility index (Phi) is 32.9. The highest BCUT2D eigenvalue weighted by Crippen LogP contribution is 2.18. The van der Waals surface area contributed by atoms with Crippen LogP contribution in [-0.4, -0.2) is 67.7 Å². The standard InChI is InChI=1S/C18H30O3S.3C2H7NO/c1-2-3-4-5-6-7-8-9-10-11-14-17-15-12-13-16-18(17)22(19,20)21;3*3-1-2-4/h12-13,15-16H,2-11,14H2,1H3,(H,19,20,21);3*4H,1-3H2. The molecule has 0 unspecified atom stereocenters. The molecular formula is C24H51N3O6S. The smallest absolute Gasteiger partial charge is 0.294 e. The molecule has 9 nitrogen and oxygen atoms in total. The first kappa shape index (κ1) is 37.4. The van der Waals surface area contributed by atoms with Crippen molar-refractivity contribution in [1.82, 2.24) is 0 Å².